The van der Waals surface area contributed by atoms with Crippen molar-refractivity contribution in [3.05, 3.63) is 70.0 Å². The predicted molar refractivity (Wildman–Crippen MR) is 124 cm³/mol. The molecule has 2 aromatic carbocycles. The minimum absolute atomic E-state index is 0.0103. The van der Waals surface area contributed by atoms with Gasteiger partial charge in [-0.3, -0.25) is 14.2 Å². The Bertz CT molecular complexity index is 1080. The van der Waals surface area contributed by atoms with E-state index in [9.17, 15) is 9.59 Å². The average molecular weight is 424 g/mol. The zero-order valence-corrected chi connectivity index (χ0v) is 18.8. The largest absolute Gasteiger partial charge is 0.349 e. The van der Waals surface area contributed by atoms with E-state index in [0.29, 0.717) is 16.1 Å². The van der Waals surface area contributed by atoms with Crippen LogP contribution in [0.25, 0.3) is 10.9 Å². The summed E-state index contributed by atoms with van der Waals surface area (Å²) >= 11 is 1.31. The van der Waals surface area contributed by atoms with Crippen molar-refractivity contribution in [1.82, 2.24) is 14.9 Å². The second-order valence-electron chi connectivity index (χ2n) is 7.52. The number of hydrogen-bond donors (Lipinski definition) is 1. The van der Waals surface area contributed by atoms with Gasteiger partial charge in [0.25, 0.3) is 5.56 Å². The molecule has 0 fully saturated rings. The van der Waals surface area contributed by atoms with Crippen LogP contribution in [0.15, 0.2) is 58.5 Å². The van der Waals surface area contributed by atoms with Gasteiger partial charge in [0, 0.05) is 6.04 Å². The number of aryl methyl sites for hydroxylation is 1. The molecule has 0 bridgehead atoms. The maximum Gasteiger partial charge on any atom is 0.262 e. The number of amides is 1. The van der Waals surface area contributed by atoms with Crippen LogP contribution in [0, 0.1) is 0 Å². The van der Waals surface area contributed by atoms with Crippen LogP contribution in [0.1, 0.15) is 57.3 Å². The van der Waals surface area contributed by atoms with Crippen LogP contribution in [-0.2, 0) is 11.2 Å². The van der Waals surface area contributed by atoms with Crippen LogP contribution in [0.2, 0.25) is 0 Å². The first-order chi connectivity index (χ1) is 14.4. The fraction of sp³-hybridized carbons (Fsp3) is 0.375. The summed E-state index contributed by atoms with van der Waals surface area (Å²) in [4.78, 5) is 30.3. The van der Waals surface area contributed by atoms with E-state index in [-0.39, 0.29) is 29.3 Å². The van der Waals surface area contributed by atoms with Crippen LogP contribution in [0.5, 0.6) is 0 Å². The number of fused-ring (bicyclic) bond motifs is 1. The highest BCUT2D eigenvalue weighted by Gasteiger charge is 2.17. The van der Waals surface area contributed by atoms with Crippen molar-refractivity contribution in [1.29, 1.82) is 0 Å². The first-order valence-electron chi connectivity index (χ1n) is 10.5. The highest BCUT2D eigenvalue weighted by Crippen LogP contribution is 2.22. The van der Waals surface area contributed by atoms with E-state index in [1.807, 2.05) is 39.0 Å². The molecule has 0 saturated carbocycles. The maximum atomic E-state index is 13.0. The molecule has 5 nitrogen and oxygen atoms in total. The molecule has 1 aromatic heterocycles. The second-order valence-corrected chi connectivity index (χ2v) is 8.46. The molecule has 3 rings (SSSR count). The van der Waals surface area contributed by atoms with Gasteiger partial charge in [-0.25, -0.2) is 4.98 Å². The molecule has 0 aliphatic rings. The van der Waals surface area contributed by atoms with Crippen LogP contribution >= 0.6 is 11.8 Å². The van der Waals surface area contributed by atoms with Crippen molar-refractivity contribution < 1.29 is 4.79 Å². The molecule has 158 valence electrons. The smallest absolute Gasteiger partial charge is 0.262 e. The zero-order valence-electron chi connectivity index (χ0n) is 18.0. The molecule has 0 aliphatic carbocycles. The van der Waals surface area contributed by atoms with E-state index >= 15 is 0 Å². The molecule has 1 N–H and O–H groups in total. The topological polar surface area (TPSA) is 64.0 Å². The van der Waals surface area contributed by atoms with E-state index in [4.69, 9.17) is 0 Å². The van der Waals surface area contributed by atoms with Gasteiger partial charge in [-0.05, 0) is 49.9 Å². The molecule has 3 aromatic rings. The number of para-hydroxylation sites is 1. The Kier molecular flexibility index (Phi) is 7.32. The van der Waals surface area contributed by atoms with Crippen molar-refractivity contribution in [2.75, 3.05) is 5.75 Å². The fourth-order valence-electron chi connectivity index (χ4n) is 3.34. The molecule has 0 aliphatic heterocycles. The monoisotopic (exact) mass is 423 g/mol. The number of thioether (sulfide) groups is 1. The third-order valence-corrected chi connectivity index (χ3v) is 6.36. The van der Waals surface area contributed by atoms with Gasteiger partial charge in [0.05, 0.1) is 22.7 Å². The van der Waals surface area contributed by atoms with Crippen LogP contribution < -0.4 is 10.9 Å². The summed E-state index contributed by atoms with van der Waals surface area (Å²) in [5.74, 6) is 0.128. The SMILES string of the molecule is CCc1ccc([C@H](C)NC(=O)CSc2nc3ccccc3c(=O)n2[C@H](C)CC)cc1. The zero-order chi connectivity index (χ0) is 21.7. The predicted octanol–water partition coefficient (Wildman–Crippen LogP) is 4.90. The van der Waals surface area contributed by atoms with Crippen molar-refractivity contribution in [3.8, 4) is 0 Å². The van der Waals surface area contributed by atoms with Crippen LogP contribution in [0.3, 0.4) is 0 Å². The summed E-state index contributed by atoms with van der Waals surface area (Å²) < 4.78 is 1.72. The molecular formula is C24H29N3O2S. The van der Waals surface area contributed by atoms with Crippen molar-refractivity contribution in [2.45, 2.75) is 57.8 Å². The minimum atomic E-state index is -0.0785. The van der Waals surface area contributed by atoms with Gasteiger partial charge in [-0.15, -0.1) is 0 Å². The summed E-state index contributed by atoms with van der Waals surface area (Å²) in [5.41, 5.74) is 2.96. The highest BCUT2D eigenvalue weighted by atomic mass is 32.2. The molecule has 2 atom stereocenters. The maximum absolute atomic E-state index is 13.0. The Morgan fingerprint density at radius 3 is 2.47 bits per heavy atom. The van der Waals surface area contributed by atoms with Crippen LogP contribution in [0.4, 0.5) is 0 Å². The van der Waals surface area contributed by atoms with E-state index in [1.54, 1.807) is 10.6 Å². The molecule has 1 amide bonds. The lowest BCUT2D eigenvalue weighted by atomic mass is 10.1. The van der Waals surface area contributed by atoms with Gasteiger partial charge in [-0.2, -0.15) is 0 Å². The number of benzene rings is 2. The quantitative estimate of drug-likeness (QED) is 0.413. The van der Waals surface area contributed by atoms with Crippen molar-refractivity contribution >= 4 is 28.6 Å². The van der Waals surface area contributed by atoms with Crippen LogP contribution in [-0.4, -0.2) is 21.2 Å². The molecule has 0 spiro atoms. The standard InChI is InChI=1S/C24H29N3O2S/c1-5-16(3)27-23(29)20-9-7-8-10-21(20)26-24(27)30-15-22(28)25-17(4)19-13-11-18(6-2)12-14-19/h7-14,16-17H,5-6,15H2,1-4H3,(H,25,28)/t16-,17+/m1/s1. The Balaban J connectivity index is 1.75. The van der Waals surface area contributed by atoms with Gasteiger partial charge in [0.15, 0.2) is 5.16 Å². The van der Waals surface area contributed by atoms with Gasteiger partial charge in [0.1, 0.15) is 0 Å². The van der Waals surface area contributed by atoms with E-state index < -0.39 is 0 Å². The Morgan fingerprint density at radius 1 is 1.10 bits per heavy atom. The Labute approximate surface area is 181 Å². The van der Waals surface area contributed by atoms with Gasteiger partial charge in [0.2, 0.25) is 5.91 Å². The lowest BCUT2D eigenvalue weighted by Gasteiger charge is -2.19. The summed E-state index contributed by atoms with van der Waals surface area (Å²) in [5, 5.41) is 4.24. The fourth-order valence-corrected chi connectivity index (χ4v) is 4.25. The lowest BCUT2D eigenvalue weighted by molar-refractivity contribution is -0.119. The summed E-state index contributed by atoms with van der Waals surface area (Å²) in [7, 11) is 0. The first kappa shape index (κ1) is 22.1. The number of carbonyl (C=O) groups excluding carboxylic acids is 1. The molecule has 6 heteroatoms. The number of hydrogen-bond acceptors (Lipinski definition) is 4. The molecule has 0 radical (unpaired) electrons. The summed E-state index contributed by atoms with van der Waals surface area (Å²) in [6, 6.07) is 15.6. The molecule has 30 heavy (non-hydrogen) atoms. The summed E-state index contributed by atoms with van der Waals surface area (Å²) in [6.45, 7) is 8.15. The highest BCUT2D eigenvalue weighted by molar-refractivity contribution is 7.99. The van der Waals surface area contributed by atoms with Crippen molar-refractivity contribution in [3.63, 3.8) is 0 Å². The Hall–Kier alpha value is -2.60. The van der Waals surface area contributed by atoms with E-state index in [0.717, 1.165) is 18.4 Å². The van der Waals surface area contributed by atoms with Gasteiger partial charge in [-0.1, -0.05) is 62.0 Å². The van der Waals surface area contributed by atoms with E-state index in [2.05, 4.69) is 41.5 Å². The normalized spacial score (nSPS) is 13.2. The second kappa shape index (κ2) is 9.94. The molecule has 1 heterocycles. The van der Waals surface area contributed by atoms with Crippen molar-refractivity contribution in [2.24, 2.45) is 0 Å². The third-order valence-electron chi connectivity index (χ3n) is 5.40. The molecule has 0 saturated heterocycles. The summed E-state index contributed by atoms with van der Waals surface area (Å²) in [6.07, 6.45) is 1.80. The Morgan fingerprint density at radius 2 is 1.80 bits per heavy atom. The molecular weight excluding hydrogens is 394 g/mol. The lowest BCUT2D eigenvalue weighted by Crippen LogP contribution is -2.29. The number of carbonyl (C=O) groups is 1. The number of rotatable bonds is 8. The third kappa shape index (κ3) is 4.93. The minimum Gasteiger partial charge on any atom is -0.349 e. The van der Waals surface area contributed by atoms with E-state index in [1.165, 1.54) is 17.3 Å². The first-order valence-corrected chi connectivity index (χ1v) is 11.4. The number of nitrogens with one attached hydrogen (secondary N) is 1. The van der Waals surface area contributed by atoms with Gasteiger partial charge < -0.3 is 5.32 Å². The average Bonchev–Trinajstić information content (AvgIpc) is 2.77. The number of nitrogens with zero attached hydrogens (tertiary/aromatic N) is 2. The number of aromatic nitrogens is 2. The van der Waals surface area contributed by atoms with Gasteiger partial charge >= 0.3 is 0 Å². The molecule has 0 unspecified atom stereocenters.